The summed E-state index contributed by atoms with van der Waals surface area (Å²) < 4.78 is 0. The van der Waals surface area contributed by atoms with Crippen molar-refractivity contribution in [2.24, 2.45) is 4.99 Å². The first-order chi connectivity index (χ1) is 6.29. The minimum absolute atomic E-state index is 0.105. The molecule has 2 rings (SSSR count). The molecule has 1 aromatic carbocycles. The molecule has 0 atom stereocenters. The molecule has 1 heterocycles. The van der Waals surface area contributed by atoms with Crippen molar-refractivity contribution in [3.63, 3.8) is 0 Å². The predicted molar refractivity (Wildman–Crippen MR) is 49.6 cm³/mol. The molecule has 1 aromatic rings. The van der Waals surface area contributed by atoms with Crippen LogP contribution in [0.3, 0.4) is 0 Å². The molecule has 66 valence electrons. The number of nitrogens with zero attached hydrogens (tertiary/aromatic N) is 2. The van der Waals surface area contributed by atoms with Crippen LogP contribution in [0.5, 0.6) is 0 Å². The number of fused-ring (bicyclic) bond motifs is 1. The van der Waals surface area contributed by atoms with Crippen LogP contribution in [0.25, 0.3) is 0 Å². The average molecular weight is 176 g/mol. The maximum Gasteiger partial charge on any atom is 0.295 e. The molecule has 0 amide bonds. The SMILES string of the molecule is O=[N+]([O-])c1cccc2c1N=CCC2. The van der Waals surface area contributed by atoms with Crippen LogP contribution in [0.4, 0.5) is 11.4 Å². The van der Waals surface area contributed by atoms with Crippen molar-refractivity contribution in [1.82, 2.24) is 0 Å². The molecule has 4 nitrogen and oxygen atoms in total. The quantitative estimate of drug-likeness (QED) is 0.486. The molecule has 0 aromatic heterocycles. The second kappa shape index (κ2) is 2.97. The van der Waals surface area contributed by atoms with Gasteiger partial charge in [0, 0.05) is 12.3 Å². The number of nitro benzene ring substituents is 1. The van der Waals surface area contributed by atoms with Gasteiger partial charge < -0.3 is 0 Å². The van der Waals surface area contributed by atoms with Gasteiger partial charge in [0.05, 0.1) is 4.92 Å². The first kappa shape index (κ1) is 7.91. The highest BCUT2D eigenvalue weighted by atomic mass is 16.6. The van der Waals surface area contributed by atoms with E-state index in [2.05, 4.69) is 4.99 Å². The second-order valence-electron chi connectivity index (χ2n) is 2.89. The van der Waals surface area contributed by atoms with E-state index in [0.717, 1.165) is 18.4 Å². The number of rotatable bonds is 1. The topological polar surface area (TPSA) is 55.5 Å². The highest BCUT2D eigenvalue weighted by molar-refractivity contribution is 5.74. The second-order valence-corrected chi connectivity index (χ2v) is 2.89. The molecule has 13 heavy (non-hydrogen) atoms. The Bertz CT molecular complexity index is 385. The van der Waals surface area contributed by atoms with Crippen molar-refractivity contribution in [3.05, 3.63) is 33.9 Å². The van der Waals surface area contributed by atoms with E-state index in [-0.39, 0.29) is 10.6 Å². The summed E-state index contributed by atoms with van der Waals surface area (Å²) in [5.74, 6) is 0. The van der Waals surface area contributed by atoms with Crippen LogP contribution in [-0.2, 0) is 6.42 Å². The van der Waals surface area contributed by atoms with Crippen LogP contribution in [-0.4, -0.2) is 11.1 Å². The predicted octanol–water partition coefficient (Wildman–Crippen LogP) is 2.24. The van der Waals surface area contributed by atoms with Crippen LogP contribution in [0.1, 0.15) is 12.0 Å². The molecule has 4 heteroatoms. The van der Waals surface area contributed by atoms with E-state index in [4.69, 9.17) is 0 Å². The molecule has 1 aliphatic rings. The van der Waals surface area contributed by atoms with E-state index in [1.807, 2.05) is 6.07 Å². The molecule has 0 unspecified atom stereocenters. The minimum atomic E-state index is -0.387. The van der Waals surface area contributed by atoms with Crippen LogP contribution in [0.2, 0.25) is 0 Å². The third-order valence-electron chi connectivity index (χ3n) is 2.06. The van der Waals surface area contributed by atoms with E-state index in [9.17, 15) is 10.1 Å². The molecule has 0 spiro atoms. The highest BCUT2D eigenvalue weighted by Crippen LogP contribution is 2.33. The lowest BCUT2D eigenvalue weighted by molar-refractivity contribution is -0.384. The molecule has 0 saturated carbocycles. The summed E-state index contributed by atoms with van der Waals surface area (Å²) >= 11 is 0. The number of hydrogen-bond acceptors (Lipinski definition) is 3. The van der Waals surface area contributed by atoms with Crippen molar-refractivity contribution >= 4 is 17.6 Å². The van der Waals surface area contributed by atoms with Crippen LogP contribution < -0.4 is 0 Å². The molecular weight excluding hydrogens is 168 g/mol. The zero-order valence-corrected chi connectivity index (χ0v) is 6.93. The summed E-state index contributed by atoms with van der Waals surface area (Å²) in [5, 5.41) is 10.6. The molecule has 1 aliphatic heterocycles. The monoisotopic (exact) mass is 176 g/mol. The Morgan fingerprint density at radius 2 is 2.31 bits per heavy atom. The number of para-hydroxylation sites is 1. The van der Waals surface area contributed by atoms with E-state index < -0.39 is 0 Å². The van der Waals surface area contributed by atoms with Gasteiger partial charge in [0.1, 0.15) is 5.69 Å². The molecule has 0 bridgehead atoms. The van der Waals surface area contributed by atoms with Crippen LogP contribution >= 0.6 is 0 Å². The van der Waals surface area contributed by atoms with Gasteiger partial charge in [-0.1, -0.05) is 12.1 Å². The fourth-order valence-corrected chi connectivity index (χ4v) is 1.45. The van der Waals surface area contributed by atoms with E-state index in [1.54, 1.807) is 12.3 Å². The Morgan fingerprint density at radius 1 is 1.46 bits per heavy atom. The van der Waals surface area contributed by atoms with Gasteiger partial charge in [-0.3, -0.25) is 15.1 Å². The lowest BCUT2D eigenvalue weighted by Gasteiger charge is -2.08. The first-order valence-corrected chi connectivity index (χ1v) is 4.08. The van der Waals surface area contributed by atoms with Crippen molar-refractivity contribution in [1.29, 1.82) is 0 Å². The lowest BCUT2D eigenvalue weighted by Crippen LogP contribution is -1.97. The van der Waals surface area contributed by atoms with Gasteiger partial charge in [-0.15, -0.1) is 0 Å². The molecule has 0 N–H and O–H groups in total. The van der Waals surface area contributed by atoms with E-state index >= 15 is 0 Å². The van der Waals surface area contributed by atoms with E-state index in [1.165, 1.54) is 6.07 Å². The summed E-state index contributed by atoms with van der Waals surface area (Å²) in [5.41, 5.74) is 1.60. The zero-order valence-electron chi connectivity index (χ0n) is 6.93. The summed E-state index contributed by atoms with van der Waals surface area (Å²) in [7, 11) is 0. The molecular formula is C9H8N2O2. The Balaban J connectivity index is 2.60. The van der Waals surface area contributed by atoms with Crippen molar-refractivity contribution in [2.75, 3.05) is 0 Å². The smallest absolute Gasteiger partial charge is 0.258 e. The lowest BCUT2D eigenvalue weighted by atomic mass is 10.0. The van der Waals surface area contributed by atoms with Gasteiger partial charge in [0.2, 0.25) is 0 Å². The van der Waals surface area contributed by atoms with Gasteiger partial charge in [0.15, 0.2) is 0 Å². The molecule has 0 radical (unpaired) electrons. The third-order valence-corrected chi connectivity index (χ3v) is 2.06. The number of hydrogen-bond donors (Lipinski definition) is 0. The number of benzene rings is 1. The number of aliphatic imine (C=N–C) groups is 1. The summed E-state index contributed by atoms with van der Waals surface area (Å²) in [4.78, 5) is 14.3. The Hall–Kier alpha value is -1.71. The number of nitro groups is 1. The summed E-state index contributed by atoms with van der Waals surface area (Å²) in [6, 6.07) is 5.08. The maximum atomic E-state index is 10.6. The maximum absolute atomic E-state index is 10.6. The van der Waals surface area contributed by atoms with Crippen molar-refractivity contribution in [3.8, 4) is 0 Å². The molecule has 0 saturated heterocycles. The van der Waals surface area contributed by atoms with Gasteiger partial charge in [-0.2, -0.15) is 0 Å². The summed E-state index contributed by atoms with van der Waals surface area (Å²) in [6.07, 6.45) is 3.45. The molecule has 0 fully saturated rings. The van der Waals surface area contributed by atoms with Crippen LogP contribution in [0.15, 0.2) is 23.2 Å². The number of aryl methyl sites for hydroxylation is 1. The van der Waals surface area contributed by atoms with Crippen molar-refractivity contribution < 1.29 is 4.92 Å². The van der Waals surface area contributed by atoms with Crippen LogP contribution in [0, 0.1) is 10.1 Å². The minimum Gasteiger partial charge on any atom is -0.258 e. The molecule has 0 aliphatic carbocycles. The zero-order chi connectivity index (χ0) is 9.26. The Morgan fingerprint density at radius 3 is 3.08 bits per heavy atom. The van der Waals surface area contributed by atoms with E-state index in [0.29, 0.717) is 5.69 Å². The highest BCUT2D eigenvalue weighted by Gasteiger charge is 2.17. The van der Waals surface area contributed by atoms with Gasteiger partial charge in [-0.25, -0.2) is 0 Å². The fraction of sp³-hybridized carbons (Fsp3) is 0.222. The van der Waals surface area contributed by atoms with Gasteiger partial charge in [-0.05, 0) is 18.4 Å². The Kier molecular flexibility index (Phi) is 1.81. The van der Waals surface area contributed by atoms with Gasteiger partial charge in [0.25, 0.3) is 5.69 Å². The first-order valence-electron chi connectivity index (χ1n) is 4.08. The average Bonchev–Trinajstić information content (AvgIpc) is 2.17. The summed E-state index contributed by atoms with van der Waals surface area (Å²) in [6.45, 7) is 0. The third kappa shape index (κ3) is 1.30. The standard InChI is InChI=1S/C9H8N2O2/c12-11(13)8-5-1-3-7-4-2-6-10-9(7)8/h1,3,5-6H,2,4H2. The fourth-order valence-electron chi connectivity index (χ4n) is 1.45. The van der Waals surface area contributed by atoms with Crippen molar-refractivity contribution in [2.45, 2.75) is 12.8 Å². The Labute approximate surface area is 75.1 Å². The normalized spacial score (nSPS) is 13.8. The van der Waals surface area contributed by atoms with Gasteiger partial charge >= 0.3 is 0 Å². The largest absolute Gasteiger partial charge is 0.295 e.